The van der Waals surface area contributed by atoms with E-state index in [4.69, 9.17) is 21.8 Å². The maximum absolute atomic E-state index is 9.09. The standard InChI is InChI=1S/C12H16ClNO2/c13-11-5-9(7-15)1-2-12(11)14-4-3-10(6-14)8-16/h1-2,5,10,15-16H,3-4,6-8H2. The van der Waals surface area contributed by atoms with Gasteiger partial charge in [-0.1, -0.05) is 17.7 Å². The molecule has 0 bridgehead atoms. The van der Waals surface area contributed by atoms with Gasteiger partial charge in [0.15, 0.2) is 0 Å². The quantitative estimate of drug-likeness (QED) is 0.846. The van der Waals surface area contributed by atoms with Crippen molar-refractivity contribution in [2.24, 2.45) is 5.92 Å². The van der Waals surface area contributed by atoms with Crippen molar-refractivity contribution in [3.05, 3.63) is 28.8 Å². The van der Waals surface area contributed by atoms with Crippen molar-refractivity contribution in [3.8, 4) is 0 Å². The first-order chi connectivity index (χ1) is 7.74. The number of aliphatic hydroxyl groups is 2. The Labute approximate surface area is 100 Å². The van der Waals surface area contributed by atoms with E-state index in [-0.39, 0.29) is 13.2 Å². The monoisotopic (exact) mass is 241 g/mol. The van der Waals surface area contributed by atoms with Crippen LogP contribution < -0.4 is 4.90 Å². The zero-order valence-electron chi connectivity index (χ0n) is 9.06. The fourth-order valence-electron chi connectivity index (χ4n) is 2.11. The van der Waals surface area contributed by atoms with Crippen LogP contribution in [0.25, 0.3) is 0 Å². The number of anilines is 1. The molecule has 0 amide bonds. The van der Waals surface area contributed by atoms with Crippen LogP contribution in [0.4, 0.5) is 5.69 Å². The largest absolute Gasteiger partial charge is 0.396 e. The van der Waals surface area contributed by atoms with Crippen LogP contribution in [0.15, 0.2) is 18.2 Å². The lowest BCUT2D eigenvalue weighted by Gasteiger charge is -2.20. The molecule has 1 saturated heterocycles. The second-order valence-corrected chi connectivity index (χ2v) is 4.63. The van der Waals surface area contributed by atoms with Crippen molar-refractivity contribution in [3.63, 3.8) is 0 Å². The minimum atomic E-state index is 0.0132. The number of hydrogen-bond acceptors (Lipinski definition) is 3. The van der Waals surface area contributed by atoms with Gasteiger partial charge in [-0.2, -0.15) is 0 Å². The van der Waals surface area contributed by atoms with Crippen LogP contribution >= 0.6 is 11.6 Å². The summed E-state index contributed by atoms with van der Waals surface area (Å²) in [5, 5.41) is 18.8. The van der Waals surface area contributed by atoms with Gasteiger partial charge in [-0.3, -0.25) is 0 Å². The number of rotatable bonds is 3. The van der Waals surface area contributed by atoms with E-state index < -0.39 is 0 Å². The van der Waals surface area contributed by atoms with E-state index in [0.29, 0.717) is 10.9 Å². The smallest absolute Gasteiger partial charge is 0.0682 e. The van der Waals surface area contributed by atoms with Crippen LogP contribution in [-0.2, 0) is 6.61 Å². The summed E-state index contributed by atoms with van der Waals surface area (Å²) in [5.74, 6) is 0.355. The van der Waals surface area contributed by atoms with Crippen LogP contribution in [0, 0.1) is 5.92 Å². The molecule has 0 saturated carbocycles. The zero-order valence-corrected chi connectivity index (χ0v) is 9.82. The van der Waals surface area contributed by atoms with Gasteiger partial charge in [0.1, 0.15) is 0 Å². The highest BCUT2D eigenvalue weighted by molar-refractivity contribution is 6.33. The average molecular weight is 242 g/mol. The molecule has 1 aromatic rings. The molecule has 0 spiro atoms. The SMILES string of the molecule is OCc1ccc(N2CCC(CO)C2)c(Cl)c1. The molecule has 88 valence electrons. The molecule has 1 aromatic carbocycles. The number of hydrogen-bond donors (Lipinski definition) is 2. The lowest BCUT2D eigenvalue weighted by Crippen LogP contribution is -2.20. The topological polar surface area (TPSA) is 43.7 Å². The summed E-state index contributed by atoms with van der Waals surface area (Å²) in [5.41, 5.74) is 1.82. The summed E-state index contributed by atoms with van der Waals surface area (Å²) < 4.78 is 0. The molecule has 1 unspecified atom stereocenters. The van der Waals surface area contributed by atoms with E-state index in [1.165, 1.54) is 0 Å². The van der Waals surface area contributed by atoms with E-state index in [0.717, 1.165) is 30.8 Å². The molecule has 2 rings (SSSR count). The van der Waals surface area contributed by atoms with Gasteiger partial charge in [-0.25, -0.2) is 0 Å². The Kier molecular flexibility index (Phi) is 3.69. The third kappa shape index (κ3) is 2.32. The summed E-state index contributed by atoms with van der Waals surface area (Å²) in [6, 6.07) is 5.62. The van der Waals surface area contributed by atoms with Crippen molar-refractivity contribution in [2.75, 3.05) is 24.6 Å². The van der Waals surface area contributed by atoms with Gasteiger partial charge in [-0.15, -0.1) is 0 Å². The summed E-state index contributed by atoms with van der Waals surface area (Å²) in [7, 11) is 0. The van der Waals surface area contributed by atoms with Gasteiger partial charge < -0.3 is 15.1 Å². The number of aliphatic hydroxyl groups excluding tert-OH is 2. The summed E-state index contributed by atoms with van der Waals surface area (Å²) in [6.07, 6.45) is 1.01. The molecule has 1 aliphatic rings. The molecule has 0 radical (unpaired) electrons. The second-order valence-electron chi connectivity index (χ2n) is 4.23. The second kappa shape index (κ2) is 5.04. The zero-order chi connectivity index (χ0) is 11.5. The molecule has 1 fully saturated rings. The van der Waals surface area contributed by atoms with Crippen LogP contribution in [0.5, 0.6) is 0 Å². The highest BCUT2D eigenvalue weighted by Crippen LogP contribution is 2.31. The van der Waals surface area contributed by atoms with Gasteiger partial charge >= 0.3 is 0 Å². The Morgan fingerprint density at radius 1 is 1.38 bits per heavy atom. The highest BCUT2D eigenvalue weighted by atomic mass is 35.5. The number of halogens is 1. The van der Waals surface area contributed by atoms with E-state index in [2.05, 4.69) is 4.90 Å². The first-order valence-electron chi connectivity index (χ1n) is 5.49. The predicted molar refractivity (Wildman–Crippen MR) is 64.8 cm³/mol. The Morgan fingerprint density at radius 2 is 2.19 bits per heavy atom. The maximum Gasteiger partial charge on any atom is 0.0682 e. The molecule has 1 atom stereocenters. The van der Waals surface area contributed by atoms with Crippen LogP contribution in [0.2, 0.25) is 5.02 Å². The first-order valence-corrected chi connectivity index (χ1v) is 5.87. The summed E-state index contributed by atoms with van der Waals surface area (Å²) in [4.78, 5) is 2.18. The van der Waals surface area contributed by atoms with Crippen LogP contribution in [0.1, 0.15) is 12.0 Å². The molecule has 0 aliphatic carbocycles. The summed E-state index contributed by atoms with van der Waals surface area (Å²) in [6.45, 7) is 2.04. The predicted octanol–water partition coefficient (Wildman–Crippen LogP) is 1.65. The van der Waals surface area contributed by atoms with Gasteiger partial charge in [0.25, 0.3) is 0 Å². The van der Waals surface area contributed by atoms with Gasteiger partial charge in [0.05, 0.1) is 17.3 Å². The minimum absolute atomic E-state index is 0.0132. The molecule has 2 N–H and O–H groups in total. The van der Waals surface area contributed by atoms with E-state index in [1.54, 1.807) is 6.07 Å². The molecule has 0 aromatic heterocycles. The average Bonchev–Trinajstić information content (AvgIpc) is 2.77. The van der Waals surface area contributed by atoms with Gasteiger partial charge in [0.2, 0.25) is 0 Å². The first kappa shape index (κ1) is 11.7. The van der Waals surface area contributed by atoms with Crippen LogP contribution in [0.3, 0.4) is 0 Å². The molecular weight excluding hydrogens is 226 g/mol. The van der Waals surface area contributed by atoms with Gasteiger partial charge in [-0.05, 0) is 24.1 Å². The highest BCUT2D eigenvalue weighted by Gasteiger charge is 2.23. The molecule has 1 heterocycles. The minimum Gasteiger partial charge on any atom is -0.396 e. The Morgan fingerprint density at radius 3 is 2.75 bits per heavy atom. The van der Waals surface area contributed by atoms with Gasteiger partial charge in [0, 0.05) is 25.6 Å². The lowest BCUT2D eigenvalue weighted by molar-refractivity contribution is 0.238. The van der Waals surface area contributed by atoms with Crippen molar-refractivity contribution >= 4 is 17.3 Å². The molecule has 4 heteroatoms. The van der Waals surface area contributed by atoms with Crippen LogP contribution in [-0.4, -0.2) is 29.9 Å². The van der Waals surface area contributed by atoms with E-state index >= 15 is 0 Å². The lowest BCUT2D eigenvalue weighted by atomic mass is 10.1. The Bertz CT molecular complexity index is 370. The Hall–Kier alpha value is -0.770. The maximum atomic E-state index is 9.09. The summed E-state index contributed by atoms with van der Waals surface area (Å²) >= 11 is 6.16. The van der Waals surface area contributed by atoms with Crippen molar-refractivity contribution in [1.29, 1.82) is 0 Å². The van der Waals surface area contributed by atoms with Crippen molar-refractivity contribution in [2.45, 2.75) is 13.0 Å². The molecule has 1 aliphatic heterocycles. The van der Waals surface area contributed by atoms with Crippen molar-refractivity contribution in [1.82, 2.24) is 0 Å². The normalized spacial score (nSPS) is 20.4. The van der Waals surface area contributed by atoms with Crippen molar-refractivity contribution < 1.29 is 10.2 Å². The molecule has 3 nitrogen and oxygen atoms in total. The fraction of sp³-hybridized carbons (Fsp3) is 0.500. The van der Waals surface area contributed by atoms with E-state index in [9.17, 15) is 0 Å². The molecular formula is C12H16ClNO2. The fourth-order valence-corrected chi connectivity index (χ4v) is 2.43. The number of nitrogens with zero attached hydrogens (tertiary/aromatic N) is 1. The molecule has 16 heavy (non-hydrogen) atoms. The van der Waals surface area contributed by atoms with E-state index in [1.807, 2.05) is 12.1 Å². The third-order valence-electron chi connectivity index (χ3n) is 3.08. The number of benzene rings is 1. The third-order valence-corrected chi connectivity index (χ3v) is 3.38. The Balaban J connectivity index is 2.15.